The molecule has 2 aromatic carbocycles. The standard InChI is InChI=1S/C18H19NO/c1-3-19-12-15-10-11-17(20-15)18-13(2)8-9-14-6-4-5-7-16(14)18/h4-11,19H,3,12H2,1-2H3. The lowest BCUT2D eigenvalue weighted by molar-refractivity contribution is 0.498. The highest BCUT2D eigenvalue weighted by Gasteiger charge is 2.11. The Labute approximate surface area is 119 Å². The van der Waals surface area contributed by atoms with Gasteiger partial charge in [-0.15, -0.1) is 0 Å². The Kier molecular flexibility index (Phi) is 3.57. The van der Waals surface area contributed by atoms with Gasteiger partial charge in [0.05, 0.1) is 6.54 Å². The van der Waals surface area contributed by atoms with Crippen LogP contribution in [-0.2, 0) is 6.54 Å². The Hall–Kier alpha value is -2.06. The number of rotatable bonds is 4. The fraction of sp³-hybridized carbons (Fsp3) is 0.222. The number of furan rings is 1. The summed E-state index contributed by atoms with van der Waals surface area (Å²) in [4.78, 5) is 0. The molecular weight excluding hydrogens is 246 g/mol. The lowest BCUT2D eigenvalue weighted by atomic mass is 9.98. The Morgan fingerprint density at radius 1 is 1.00 bits per heavy atom. The summed E-state index contributed by atoms with van der Waals surface area (Å²) in [5, 5.41) is 5.78. The van der Waals surface area contributed by atoms with Crippen LogP contribution < -0.4 is 5.32 Å². The minimum absolute atomic E-state index is 0.778. The second-order valence-electron chi connectivity index (χ2n) is 5.02. The molecule has 0 aliphatic heterocycles. The first-order chi connectivity index (χ1) is 9.79. The molecule has 2 heteroatoms. The Bertz CT molecular complexity index is 727. The van der Waals surface area contributed by atoms with E-state index in [1.165, 1.54) is 21.9 Å². The zero-order valence-corrected chi connectivity index (χ0v) is 11.9. The summed E-state index contributed by atoms with van der Waals surface area (Å²) >= 11 is 0. The van der Waals surface area contributed by atoms with Crippen molar-refractivity contribution in [3.8, 4) is 11.3 Å². The van der Waals surface area contributed by atoms with Gasteiger partial charge in [0.15, 0.2) is 0 Å². The second-order valence-corrected chi connectivity index (χ2v) is 5.02. The van der Waals surface area contributed by atoms with E-state index >= 15 is 0 Å². The fourth-order valence-electron chi connectivity index (χ4n) is 2.56. The summed E-state index contributed by atoms with van der Waals surface area (Å²) in [5.74, 6) is 1.93. The van der Waals surface area contributed by atoms with Gasteiger partial charge < -0.3 is 9.73 Å². The minimum atomic E-state index is 0.778. The monoisotopic (exact) mass is 265 g/mol. The van der Waals surface area contributed by atoms with Gasteiger partial charge in [0, 0.05) is 5.56 Å². The molecule has 1 heterocycles. The summed E-state index contributed by atoms with van der Waals surface area (Å²) in [7, 11) is 0. The molecule has 1 aromatic heterocycles. The van der Waals surface area contributed by atoms with E-state index in [1.807, 2.05) is 0 Å². The normalized spacial score (nSPS) is 11.1. The van der Waals surface area contributed by atoms with E-state index in [0.717, 1.165) is 24.6 Å². The molecule has 0 aliphatic carbocycles. The number of benzene rings is 2. The number of fused-ring (bicyclic) bond motifs is 1. The Morgan fingerprint density at radius 2 is 1.85 bits per heavy atom. The smallest absolute Gasteiger partial charge is 0.135 e. The van der Waals surface area contributed by atoms with Crippen LogP contribution in [0.1, 0.15) is 18.2 Å². The maximum Gasteiger partial charge on any atom is 0.135 e. The highest BCUT2D eigenvalue weighted by molar-refractivity contribution is 5.97. The van der Waals surface area contributed by atoms with Gasteiger partial charge >= 0.3 is 0 Å². The first-order valence-corrected chi connectivity index (χ1v) is 7.07. The van der Waals surface area contributed by atoms with Crippen LogP contribution >= 0.6 is 0 Å². The van der Waals surface area contributed by atoms with E-state index in [4.69, 9.17) is 4.42 Å². The predicted octanol–water partition coefficient (Wildman–Crippen LogP) is 4.52. The van der Waals surface area contributed by atoms with E-state index in [2.05, 4.69) is 67.7 Å². The van der Waals surface area contributed by atoms with Crippen LogP contribution in [0.3, 0.4) is 0 Å². The van der Waals surface area contributed by atoms with Gasteiger partial charge in [0.1, 0.15) is 11.5 Å². The molecule has 2 nitrogen and oxygen atoms in total. The second kappa shape index (κ2) is 5.51. The van der Waals surface area contributed by atoms with Gasteiger partial charge in [-0.05, 0) is 41.9 Å². The number of nitrogens with one attached hydrogen (secondary N) is 1. The van der Waals surface area contributed by atoms with Gasteiger partial charge in [-0.2, -0.15) is 0 Å². The van der Waals surface area contributed by atoms with Gasteiger partial charge in [-0.3, -0.25) is 0 Å². The van der Waals surface area contributed by atoms with Crippen LogP contribution in [0.2, 0.25) is 0 Å². The summed E-state index contributed by atoms with van der Waals surface area (Å²) in [6.45, 7) is 5.95. The molecule has 102 valence electrons. The van der Waals surface area contributed by atoms with E-state index in [9.17, 15) is 0 Å². The Morgan fingerprint density at radius 3 is 2.70 bits per heavy atom. The molecule has 3 rings (SSSR count). The molecule has 20 heavy (non-hydrogen) atoms. The maximum absolute atomic E-state index is 6.00. The third kappa shape index (κ3) is 2.35. The Balaban J connectivity index is 2.09. The first kappa shape index (κ1) is 12.9. The molecule has 0 spiro atoms. The number of hydrogen-bond acceptors (Lipinski definition) is 2. The summed E-state index contributed by atoms with van der Waals surface area (Å²) < 4.78 is 6.00. The van der Waals surface area contributed by atoms with Gasteiger partial charge in [-0.1, -0.05) is 43.3 Å². The van der Waals surface area contributed by atoms with E-state index in [1.54, 1.807) is 0 Å². The summed E-state index contributed by atoms with van der Waals surface area (Å²) in [6, 6.07) is 16.9. The number of hydrogen-bond donors (Lipinski definition) is 1. The van der Waals surface area contributed by atoms with Crippen LogP contribution in [0.15, 0.2) is 52.9 Å². The quantitative estimate of drug-likeness (QED) is 0.750. The van der Waals surface area contributed by atoms with Crippen molar-refractivity contribution in [3.05, 3.63) is 59.9 Å². The van der Waals surface area contributed by atoms with E-state index in [-0.39, 0.29) is 0 Å². The van der Waals surface area contributed by atoms with Crippen LogP contribution in [0.4, 0.5) is 0 Å². The summed E-state index contributed by atoms with van der Waals surface area (Å²) in [6.07, 6.45) is 0. The highest BCUT2D eigenvalue weighted by Crippen LogP contribution is 2.32. The predicted molar refractivity (Wildman–Crippen MR) is 83.8 cm³/mol. The van der Waals surface area contributed by atoms with Crippen molar-refractivity contribution in [2.24, 2.45) is 0 Å². The molecule has 0 amide bonds. The minimum Gasteiger partial charge on any atom is -0.460 e. The molecule has 0 atom stereocenters. The molecular formula is C18H19NO. The number of aryl methyl sites for hydroxylation is 1. The van der Waals surface area contributed by atoms with Crippen molar-refractivity contribution in [1.29, 1.82) is 0 Å². The molecule has 0 aliphatic rings. The van der Waals surface area contributed by atoms with Crippen molar-refractivity contribution >= 4 is 10.8 Å². The molecule has 0 radical (unpaired) electrons. The fourth-order valence-corrected chi connectivity index (χ4v) is 2.56. The van der Waals surface area contributed by atoms with Crippen LogP contribution in [0, 0.1) is 6.92 Å². The molecule has 0 fully saturated rings. The van der Waals surface area contributed by atoms with Crippen molar-refractivity contribution in [2.45, 2.75) is 20.4 Å². The molecule has 1 N–H and O–H groups in total. The molecule has 0 saturated carbocycles. The van der Waals surface area contributed by atoms with Gasteiger partial charge in [0.25, 0.3) is 0 Å². The van der Waals surface area contributed by atoms with Crippen LogP contribution in [-0.4, -0.2) is 6.54 Å². The molecule has 0 saturated heterocycles. The van der Waals surface area contributed by atoms with Gasteiger partial charge in [0.2, 0.25) is 0 Å². The van der Waals surface area contributed by atoms with Crippen LogP contribution in [0.25, 0.3) is 22.1 Å². The maximum atomic E-state index is 6.00. The largest absolute Gasteiger partial charge is 0.460 e. The van der Waals surface area contributed by atoms with Crippen molar-refractivity contribution in [1.82, 2.24) is 5.32 Å². The average Bonchev–Trinajstić information content (AvgIpc) is 2.93. The molecule has 3 aromatic rings. The van der Waals surface area contributed by atoms with Crippen molar-refractivity contribution < 1.29 is 4.42 Å². The van der Waals surface area contributed by atoms with E-state index < -0.39 is 0 Å². The lowest BCUT2D eigenvalue weighted by Gasteiger charge is -2.08. The highest BCUT2D eigenvalue weighted by atomic mass is 16.3. The average molecular weight is 265 g/mol. The van der Waals surface area contributed by atoms with Gasteiger partial charge in [-0.25, -0.2) is 0 Å². The van der Waals surface area contributed by atoms with Crippen LogP contribution in [0.5, 0.6) is 0 Å². The topological polar surface area (TPSA) is 25.2 Å². The summed E-state index contributed by atoms with van der Waals surface area (Å²) in [5.41, 5.74) is 2.44. The lowest BCUT2D eigenvalue weighted by Crippen LogP contribution is -2.10. The third-order valence-corrected chi connectivity index (χ3v) is 3.59. The first-order valence-electron chi connectivity index (χ1n) is 7.07. The zero-order chi connectivity index (χ0) is 13.9. The molecule has 0 unspecified atom stereocenters. The van der Waals surface area contributed by atoms with E-state index in [0.29, 0.717) is 0 Å². The SMILES string of the molecule is CCNCc1ccc(-c2c(C)ccc3ccccc23)o1. The molecule has 0 bridgehead atoms. The van der Waals surface area contributed by atoms with Crippen molar-refractivity contribution in [3.63, 3.8) is 0 Å². The zero-order valence-electron chi connectivity index (χ0n) is 11.9. The third-order valence-electron chi connectivity index (χ3n) is 3.59. The van der Waals surface area contributed by atoms with Crippen molar-refractivity contribution in [2.75, 3.05) is 6.54 Å².